The quantitative estimate of drug-likeness (QED) is 0.534. The van der Waals surface area contributed by atoms with E-state index in [1.54, 1.807) is 0 Å². The molecule has 1 unspecified atom stereocenters. The molecule has 0 aromatic carbocycles. The molecule has 4 heteroatoms. The van der Waals surface area contributed by atoms with Gasteiger partial charge in [0.1, 0.15) is 5.41 Å². The number of hydrogen-bond donors (Lipinski definition) is 0. The lowest BCUT2D eigenvalue weighted by molar-refractivity contribution is 0.463. The van der Waals surface area contributed by atoms with Crippen LogP contribution in [0.2, 0.25) is 0 Å². The van der Waals surface area contributed by atoms with Crippen LogP contribution in [0.15, 0.2) is 97.6 Å². The maximum absolute atomic E-state index is 4.74. The minimum Gasteiger partial charge on any atom is -0.261 e. The third-order valence-electron chi connectivity index (χ3n) is 4.99. The molecule has 0 aliphatic carbocycles. The Morgan fingerprint density at radius 2 is 0.963 bits per heavy atom. The molecule has 0 N–H and O–H groups in total. The fourth-order valence-electron chi connectivity index (χ4n) is 3.70. The molecule has 0 aliphatic rings. The van der Waals surface area contributed by atoms with Crippen LogP contribution in [-0.4, -0.2) is 19.9 Å². The summed E-state index contributed by atoms with van der Waals surface area (Å²) in [5.74, 6) is -0.0293. The van der Waals surface area contributed by atoms with E-state index in [4.69, 9.17) is 15.0 Å². The highest BCUT2D eigenvalue weighted by Gasteiger charge is 2.46. The van der Waals surface area contributed by atoms with E-state index < -0.39 is 5.41 Å². The van der Waals surface area contributed by atoms with Crippen LogP contribution in [0.3, 0.4) is 0 Å². The van der Waals surface area contributed by atoms with Gasteiger partial charge in [-0.25, -0.2) is 0 Å². The largest absolute Gasteiger partial charge is 0.261 e. The topological polar surface area (TPSA) is 51.6 Å². The molecule has 0 radical (unpaired) electrons. The van der Waals surface area contributed by atoms with Gasteiger partial charge in [-0.05, 0) is 48.5 Å². The molecule has 0 bridgehead atoms. The summed E-state index contributed by atoms with van der Waals surface area (Å²) in [6, 6.07) is 23.9. The molecule has 1 atom stereocenters. The summed E-state index contributed by atoms with van der Waals surface area (Å²) >= 11 is 0. The van der Waals surface area contributed by atoms with Crippen molar-refractivity contribution in [3.63, 3.8) is 0 Å². The zero-order valence-corrected chi connectivity index (χ0v) is 15.1. The SMILES string of the molecule is CC(c1ccccn1)C(c1ccccn1)(c1ccccn1)c1ccccn1. The second kappa shape index (κ2) is 7.46. The Kier molecular flexibility index (Phi) is 4.71. The highest BCUT2D eigenvalue weighted by Crippen LogP contribution is 2.46. The van der Waals surface area contributed by atoms with Crippen molar-refractivity contribution >= 4 is 0 Å². The molecule has 0 fully saturated rings. The van der Waals surface area contributed by atoms with Crippen LogP contribution in [0.4, 0.5) is 0 Å². The van der Waals surface area contributed by atoms with Gasteiger partial charge < -0.3 is 0 Å². The van der Waals surface area contributed by atoms with Gasteiger partial charge in [0.05, 0.1) is 17.1 Å². The van der Waals surface area contributed by atoms with Crippen molar-refractivity contribution in [1.29, 1.82) is 0 Å². The standard InChI is InChI=1S/C23H20N4/c1-18(19-10-2-6-14-24-19)23(20-11-3-7-15-25-20,21-12-4-8-16-26-21)22-13-5-9-17-27-22/h2-18H,1H3. The van der Waals surface area contributed by atoms with Gasteiger partial charge in [0.25, 0.3) is 0 Å². The van der Waals surface area contributed by atoms with Gasteiger partial charge in [0.15, 0.2) is 0 Å². The van der Waals surface area contributed by atoms with E-state index in [-0.39, 0.29) is 5.92 Å². The first-order chi connectivity index (χ1) is 13.3. The summed E-state index contributed by atoms with van der Waals surface area (Å²) in [4.78, 5) is 18.9. The third-order valence-corrected chi connectivity index (χ3v) is 4.99. The van der Waals surface area contributed by atoms with Crippen molar-refractivity contribution in [2.75, 3.05) is 0 Å². The summed E-state index contributed by atoms with van der Waals surface area (Å²) in [7, 11) is 0. The Bertz CT molecular complexity index is 877. The van der Waals surface area contributed by atoms with Crippen molar-refractivity contribution < 1.29 is 0 Å². The fourth-order valence-corrected chi connectivity index (χ4v) is 3.70. The average molecular weight is 352 g/mol. The van der Waals surface area contributed by atoms with E-state index in [9.17, 15) is 0 Å². The molecule has 0 saturated heterocycles. The van der Waals surface area contributed by atoms with Gasteiger partial charge in [-0.2, -0.15) is 0 Å². The first kappa shape index (κ1) is 17.0. The third kappa shape index (κ3) is 2.99. The zero-order valence-electron chi connectivity index (χ0n) is 15.1. The van der Waals surface area contributed by atoms with Gasteiger partial charge >= 0.3 is 0 Å². The predicted molar refractivity (Wildman–Crippen MR) is 105 cm³/mol. The fraction of sp³-hybridized carbons (Fsp3) is 0.130. The first-order valence-electron chi connectivity index (χ1n) is 8.99. The number of aromatic nitrogens is 4. The maximum Gasteiger partial charge on any atom is 0.105 e. The van der Waals surface area contributed by atoms with E-state index in [2.05, 4.69) is 11.9 Å². The molecule has 4 nitrogen and oxygen atoms in total. The maximum atomic E-state index is 4.74. The lowest BCUT2D eigenvalue weighted by Gasteiger charge is -2.37. The van der Waals surface area contributed by atoms with Gasteiger partial charge in [0, 0.05) is 36.4 Å². The molecule has 0 aliphatic heterocycles. The highest BCUT2D eigenvalue weighted by atomic mass is 14.8. The summed E-state index contributed by atoms with van der Waals surface area (Å²) in [6.07, 6.45) is 7.29. The molecule has 132 valence electrons. The van der Waals surface area contributed by atoms with Crippen molar-refractivity contribution in [3.8, 4) is 0 Å². The minimum absolute atomic E-state index is 0.0293. The van der Waals surface area contributed by atoms with Gasteiger partial charge in [-0.1, -0.05) is 31.2 Å². The van der Waals surface area contributed by atoms with Crippen molar-refractivity contribution in [2.24, 2.45) is 0 Å². The molecular weight excluding hydrogens is 332 g/mol. The van der Waals surface area contributed by atoms with E-state index in [1.807, 2.05) is 97.6 Å². The molecule has 4 heterocycles. The number of nitrogens with zero attached hydrogens (tertiary/aromatic N) is 4. The van der Waals surface area contributed by atoms with Crippen LogP contribution in [0, 0.1) is 0 Å². The first-order valence-corrected chi connectivity index (χ1v) is 8.99. The van der Waals surface area contributed by atoms with Gasteiger partial charge in [-0.15, -0.1) is 0 Å². The van der Waals surface area contributed by atoms with E-state index in [0.717, 1.165) is 22.8 Å². The van der Waals surface area contributed by atoms with Crippen LogP contribution >= 0.6 is 0 Å². The lowest BCUT2D eigenvalue weighted by atomic mass is 9.66. The normalized spacial score (nSPS) is 12.5. The number of hydrogen-bond acceptors (Lipinski definition) is 4. The van der Waals surface area contributed by atoms with E-state index >= 15 is 0 Å². The Morgan fingerprint density at radius 3 is 1.30 bits per heavy atom. The smallest absolute Gasteiger partial charge is 0.105 e. The second-order valence-corrected chi connectivity index (χ2v) is 6.43. The molecular formula is C23H20N4. The van der Waals surface area contributed by atoms with Crippen LogP contribution in [-0.2, 0) is 5.41 Å². The predicted octanol–water partition coefficient (Wildman–Crippen LogP) is 4.40. The molecule has 4 aromatic rings. The molecule has 4 aromatic heterocycles. The van der Waals surface area contributed by atoms with Crippen molar-refractivity contribution in [1.82, 2.24) is 19.9 Å². The lowest BCUT2D eigenvalue weighted by Crippen LogP contribution is -2.38. The summed E-state index contributed by atoms with van der Waals surface area (Å²) < 4.78 is 0. The van der Waals surface area contributed by atoms with Crippen LogP contribution in [0.1, 0.15) is 35.6 Å². The Labute approximate surface area is 159 Å². The average Bonchev–Trinajstić information content (AvgIpc) is 2.77. The van der Waals surface area contributed by atoms with Gasteiger partial charge in [0.2, 0.25) is 0 Å². The van der Waals surface area contributed by atoms with Crippen molar-refractivity contribution in [3.05, 3.63) is 120 Å². The zero-order chi connectivity index (χ0) is 18.5. The monoisotopic (exact) mass is 352 g/mol. The molecule has 27 heavy (non-hydrogen) atoms. The van der Waals surface area contributed by atoms with Crippen LogP contribution in [0.5, 0.6) is 0 Å². The number of pyridine rings is 4. The van der Waals surface area contributed by atoms with Gasteiger partial charge in [-0.3, -0.25) is 19.9 Å². The Morgan fingerprint density at radius 1 is 0.556 bits per heavy atom. The molecule has 4 rings (SSSR count). The van der Waals surface area contributed by atoms with E-state index in [0.29, 0.717) is 0 Å². The molecule has 0 saturated carbocycles. The second-order valence-electron chi connectivity index (χ2n) is 6.43. The molecule has 0 amide bonds. The highest BCUT2D eigenvalue weighted by molar-refractivity contribution is 5.46. The summed E-state index contributed by atoms with van der Waals surface area (Å²) in [5.41, 5.74) is 3.03. The number of rotatable bonds is 5. The van der Waals surface area contributed by atoms with Crippen LogP contribution in [0.25, 0.3) is 0 Å². The summed E-state index contributed by atoms with van der Waals surface area (Å²) in [5, 5.41) is 0. The Hall–Kier alpha value is -3.40. The van der Waals surface area contributed by atoms with Crippen molar-refractivity contribution in [2.45, 2.75) is 18.3 Å². The van der Waals surface area contributed by atoms with Crippen LogP contribution < -0.4 is 0 Å². The Balaban J connectivity index is 2.07. The molecule has 0 spiro atoms. The summed E-state index contributed by atoms with van der Waals surface area (Å²) in [6.45, 7) is 2.17. The van der Waals surface area contributed by atoms with E-state index in [1.165, 1.54) is 0 Å². The minimum atomic E-state index is -0.655.